The number of halogens is 1. The average molecular weight is 297 g/mol. The highest BCUT2D eigenvalue weighted by Crippen LogP contribution is 2.13. The van der Waals surface area contributed by atoms with Gasteiger partial charge < -0.3 is 0 Å². The molecule has 5 nitrogen and oxygen atoms in total. The molecule has 0 saturated heterocycles. The van der Waals surface area contributed by atoms with Gasteiger partial charge in [0.25, 0.3) is 5.56 Å². The van der Waals surface area contributed by atoms with Crippen molar-refractivity contribution in [2.75, 3.05) is 0 Å². The highest BCUT2D eigenvalue weighted by molar-refractivity contribution is 9.10. The molecule has 2 aromatic heterocycles. The van der Waals surface area contributed by atoms with Gasteiger partial charge in [0.05, 0.1) is 5.69 Å². The lowest BCUT2D eigenvalue weighted by Gasteiger charge is -2.00. The van der Waals surface area contributed by atoms with Crippen LogP contribution in [0.4, 0.5) is 0 Å². The van der Waals surface area contributed by atoms with Crippen LogP contribution in [-0.2, 0) is 6.42 Å². The molecule has 0 fully saturated rings. The van der Waals surface area contributed by atoms with Gasteiger partial charge in [0.1, 0.15) is 10.8 Å². The highest BCUT2D eigenvalue weighted by atomic mass is 79.9. The molecule has 0 saturated carbocycles. The van der Waals surface area contributed by atoms with E-state index in [1.807, 2.05) is 6.92 Å². The third kappa shape index (κ3) is 2.31. The molecule has 17 heavy (non-hydrogen) atoms. The van der Waals surface area contributed by atoms with Crippen molar-refractivity contribution in [3.05, 3.63) is 38.6 Å². The third-order valence-electron chi connectivity index (χ3n) is 2.42. The maximum Gasteiger partial charge on any atom is 0.287 e. The summed E-state index contributed by atoms with van der Waals surface area (Å²) in [7, 11) is 0. The maximum atomic E-state index is 12.0. The summed E-state index contributed by atoms with van der Waals surface area (Å²) in [6.45, 7) is 3.93. The normalized spacial score (nSPS) is 10.8. The van der Waals surface area contributed by atoms with Gasteiger partial charge in [-0.3, -0.25) is 9.89 Å². The first kappa shape index (κ1) is 12.0. The van der Waals surface area contributed by atoms with Gasteiger partial charge in [0.15, 0.2) is 5.82 Å². The van der Waals surface area contributed by atoms with Crippen molar-refractivity contribution in [1.82, 2.24) is 19.7 Å². The number of nitrogens with zero attached hydrogens (tertiary/aromatic N) is 3. The molecule has 0 unspecified atom stereocenters. The lowest BCUT2D eigenvalue weighted by atomic mass is 10.3. The van der Waals surface area contributed by atoms with Crippen molar-refractivity contribution in [1.29, 1.82) is 0 Å². The van der Waals surface area contributed by atoms with Gasteiger partial charge in [-0.1, -0.05) is 13.3 Å². The number of hydrogen-bond donors (Lipinski definition) is 1. The highest BCUT2D eigenvalue weighted by Gasteiger charge is 2.12. The Kier molecular flexibility index (Phi) is 3.42. The summed E-state index contributed by atoms with van der Waals surface area (Å²) in [5.74, 6) is 0.561. The number of aromatic nitrogens is 4. The zero-order valence-electron chi connectivity index (χ0n) is 9.70. The summed E-state index contributed by atoms with van der Waals surface area (Å²) in [5.41, 5.74) is 1.60. The van der Waals surface area contributed by atoms with E-state index in [1.165, 1.54) is 11.0 Å². The van der Waals surface area contributed by atoms with E-state index in [4.69, 9.17) is 0 Å². The standard InChI is InChI=1S/C11H13BrN4O/c1-3-4-8-10(12)11(17)16(15-8)9-5-7(2)13-6-14-9/h5-6,15H,3-4H2,1-2H3. The van der Waals surface area contributed by atoms with Gasteiger partial charge in [0, 0.05) is 11.8 Å². The fourth-order valence-electron chi connectivity index (χ4n) is 1.60. The second-order valence-corrected chi connectivity index (χ2v) is 4.61. The Hall–Kier alpha value is -1.43. The molecule has 0 amide bonds. The van der Waals surface area contributed by atoms with E-state index in [0.29, 0.717) is 10.3 Å². The molecular weight excluding hydrogens is 284 g/mol. The molecule has 0 aliphatic rings. The van der Waals surface area contributed by atoms with Crippen molar-refractivity contribution in [2.45, 2.75) is 26.7 Å². The summed E-state index contributed by atoms with van der Waals surface area (Å²) < 4.78 is 2.01. The number of aryl methyl sites for hydroxylation is 2. The fourth-order valence-corrected chi connectivity index (χ4v) is 2.07. The minimum absolute atomic E-state index is 0.119. The summed E-state index contributed by atoms with van der Waals surface area (Å²) in [4.78, 5) is 20.1. The first-order valence-corrected chi connectivity index (χ1v) is 6.21. The van der Waals surface area contributed by atoms with E-state index in [9.17, 15) is 4.79 Å². The van der Waals surface area contributed by atoms with Gasteiger partial charge in [-0.05, 0) is 29.3 Å². The molecule has 6 heteroatoms. The zero-order valence-corrected chi connectivity index (χ0v) is 11.3. The van der Waals surface area contributed by atoms with Gasteiger partial charge in [-0.25, -0.2) is 14.6 Å². The molecule has 0 bridgehead atoms. The first-order chi connectivity index (χ1) is 8.13. The Labute approximate surface area is 107 Å². The van der Waals surface area contributed by atoms with Crippen LogP contribution in [0.5, 0.6) is 0 Å². The SMILES string of the molecule is CCCc1[nH]n(-c2cc(C)ncn2)c(=O)c1Br. The molecular formula is C11H13BrN4O. The van der Waals surface area contributed by atoms with Crippen LogP contribution in [0.15, 0.2) is 21.7 Å². The maximum absolute atomic E-state index is 12.0. The molecule has 0 spiro atoms. The van der Waals surface area contributed by atoms with Crippen LogP contribution in [0.25, 0.3) is 5.82 Å². The van der Waals surface area contributed by atoms with E-state index in [-0.39, 0.29) is 5.56 Å². The number of hydrogen-bond acceptors (Lipinski definition) is 3. The molecule has 90 valence electrons. The third-order valence-corrected chi connectivity index (χ3v) is 3.24. The van der Waals surface area contributed by atoms with Gasteiger partial charge in [0.2, 0.25) is 0 Å². The van der Waals surface area contributed by atoms with Crippen LogP contribution in [0, 0.1) is 6.92 Å². The van der Waals surface area contributed by atoms with Crippen molar-refractivity contribution >= 4 is 15.9 Å². The molecule has 2 heterocycles. The second kappa shape index (κ2) is 4.83. The van der Waals surface area contributed by atoms with Crippen molar-refractivity contribution in [2.24, 2.45) is 0 Å². The van der Waals surface area contributed by atoms with Crippen molar-refractivity contribution < 1.29 is 0 Å². The fraction of sp³-hybridized carbons (Fsp3) is 0.364. The minimum atomic E-state index is -0.119. The largest absolute Gasteiger partial charge is 0.292 e. The topological polar surface area (TPSA) is 63.6 Å². The predicted molar refractivity (Wildman–Crippen MR) is 68.4 cm³/mol. The Balaban J connectivity index is 2.53. The molecule has 0 aromatic carbocycles. The molecule has 0 radical (unpaired) electrons. The summed E-state index contributed by atoms with van der Waals surface area (Å²) >= 11 is 3.31. The lowest BCUT2D eigenvalue weighted by molar-refractivity contribution is 0.770. The Morgan fingerprint density at radius 1 is 1.47 bits per heavy atom. The predicted octanol–water partition coefficient (Wildman–Crippen LogP) is 1.98. The van der Waals surface area contributed by atoms with Gasteiger partial charge in [-0.15, -0.1) is 0 Å². The lowest BCUT2D eigenvalue weighted by Crippen LogP contribution is -2.16. The van der Waals surface area contributed by atoms with E-state index in [2.05, 4.69) is 37.9 Å². The monoisotopic (exact) mass is 296 g/mol. The van der Waals surface area contributed by atoms with Crippen LogP contribution in [-0.4, -0.2) is 19.7 Å². The Morgan fingerprint density at radius 3 is 2.88 bits per heavy atom. The number of nitrogens with one attached hydrogen (secondary N) is 1. The smallest absolute Gasteiger partial charge is 0.287 e. The Bertz CT molecular complexity index is 587. The first-order valence-electron chi connectivity index (χ1n) is 5.42. The van der Waals surface area contributed by atoms with E-state index >= 15 is 0 Å². The number of aromatic amines is 1. The van der Waals surface area contributed by atoms with E-state index in [1.54, 1.807) is 6.07 Å². The summed E-state index contributed by atoms with van der Waals surface area (Å²) in [6.07, 6.45) is 3.25. The van der Waals surface area contributed by atoms with Crippen LogP contribution in [0.3, 0.4) is 0 Å². The zero-order chi connectivity index (χ0) is 12.4. The molecule has 0 aliphatic heterocycles. The van der Waals surface area contributed by atoms with Gasteiger partial charge in [-0.2, -0.15) is 0 Å². The van der Waals surface area contributed by atoms with E-state index in [0.717, 1.165) is 24.2 Å². The van der Waals surface area contributed by atoms with E-state index < -0.39 is 0 Å². The molecule has 0 aliphatic carbocycles. The number of rotatable bonds is 3. The minimum Gasteiger partial charge on any atom is -0.292 e. The van der Waals surface area contributed by atoms with Gasteiger partial charge >= 0.3 is 0 Å². The average Bonchev–Trinajstić information content (AvgIpc) is 2.58. The molecule has 1 N–H and O–H groups in total. The Morgan fingerprint density at radius 2 is 2.24 bits per heavy atom. The van der Waals surface area contributed by atoms with Crippen molar-refractivity contribution in [3.8, 4) is 5.82 Å². The summed E-state index contributed by atoms with van der Waals surface area (Å²) in [5, 5.41) is 3.06. The molecule has 2 rings (SSSR count). The quantitative estimate of drug-likeness (QED) is 0.942. The second-order valence-electron chi connectivity index (χ2n) is 3.81. The van der Waals surface area contributed by atoms with Crippen molar-refractivity contribution in [3.63, 3.8) is 0 Å². The van der Waals surface area contributed by atoms with Crippen LogP contribution in [0.1, 0.15) is 24.7 Å². The summed E-state index contributed by atoms with van der Waals surface area (Å²) in [6, 6.07) is 1.76. The molecule has 2 aromatic rings. The van der Waals surface area contributed by atoms with Crippen LogP contribution >= 0.6 is 15.9 Å². The van der Waals surface area contributed by atoms with Crippen LogP contribution < -0.4 is 5.56 Å². The number of H-pyrrole nitrogens is 1. The molecule has 0 atom stereocenters. The van der Waals surface area contributed by atoms with Crippen LogP contribution in [0.2, 0.25) is 0 Å².